The molecule has 0 saturated heterocycles. The van der Waals surface area contributed by atoms with Crippen molar-refractivity contribution < 1.29 is 8.81 Å². The minimum atomic E-state index is -0.212. The summed E-state index contributed by atoms with van der Waals surface area (Å²) in [5.41, 5.74) is 0. The van der Waals surface area contributed by atoms with Gasteiger partial charge in [-0.1, -0.05) is 39.0 Å². The summed E-state index contributed by atoms with van der Waals surface area (Å²) >= 11 is 0. The maximum Gasteiger partial charge on any atom is 0.164 e. The number of unbranched alkanes of at least 4 members (excludes halogenated alkanes) is 5. The van der Waals surface area contributed by atoms with E-state index in [0.717, 1.165) is 18.6 Å². The molecule has 15 heavy (non-hydrogen) atoms. The van der Waals surface area contributed by atoms with Crippen molar-refractivity contribution in [3.63, 3.8) is 0 Å². The summed E-state index contributed by atoms with van der Waals surface area (Å²) in [4.78, 5) is 0. The quantitative estimate of drug-likeness (QED) is 0.600. The van der Waals surface area contributed by atoms with Crippen molar-refractivity contribution in [1.29, 1.82) is 0 Å². The summed E-state index contributed by atoms with van der Waals surface area (Å²) in [6.07, 6.45) is 8.42. The molecule has 0 bridgehead atoms. The van der Waals surface area contributed by atoms with Gasteiger partial charge in [0.2, 0.25) is 0 Å². The van der Waals surface area contributed by atoms with Crippen molar-refractivity contribution >= 4 is 0 Å². The first-order valence-electron chi connectivity index (χ1n) is 5.99. The Balaban J connectivity index is 2.10. The number of hydrogen-bond acceptors (Lipinski definition) is 1. The Labute approximate surface area is 91.7 Å². The molecule has 0 atom stereocenters. The van der Waals surface area contributed by atoms with Crippen molar-refractivity contribution in [2.75, 3.05) is 0 Å². The average molecular weight is 212 g/mol. The van der Waals surface area contributed by atoms with Gasteiger partial charge in [0, 0.05) is 12.5 Å². The standard InChI is InChI=1S/C13H21FO/c1-3-4-5-6-7-8-9-12-10-13(14)11(2)15-12/h10H,3-9H2,1-2H3. The lowest BCUT2D eigenvalue weighted by molar-refractivity contribution is 0.454. The molecule has 0 spiro atoms. The number of furan rings is 1. The van der Waals surface area contributed by atoms with E-state index in [1.807, 2.05) is 0 Å². The van der Waals surface area contributed by atoms with Gasteiger partial charge in [-0.3, -0.25) is 0 Å². The third-order valence-corrected chi connectivity index (χ3v) is 2.68. The highest BCUT2D eigenvalue weighted by atomic mass is 19.1. The van der Waals surface area contributed by atoms with Gasteiger partial charge in [-0.25, -0.2) is 4.39 Å². The second-order valence-corrected chi connectivity index (χ2v) is 4.13. The molecule has 1 nitrogen and oxygen atoms in total. The number of hydrogen-bond donors (Lipinski definition) is 0. The Morgan fingerprint density at radius 1 is 1.13 bits per heavy atom. The average Bonchev–Trinajstić information content (AvgIpc) is 2.52. The van der Waals surface area contributed by atoms with Crippen molar-refractivity contribution in [2.45, 2.75) is 58.8 Å². The third-order valence-electron chi connectivity index (χ3n) is 2.68. The Bertz CT molecular complexity index is 259. The number of rotatable bonds is 7. The summed E-state index contributed by atoms with van der Waals surface area (Å²) in [6.45, 7) is 3.88. The van der Waals surface area contributed by atoms with Gasteiger partial charge >= 0.3 is 0 Å². The molecule has 0 aliphatic carbocycles. The normalized spacial score (nSPS) is 10.9. The van der Waals surface area contributed by atoms with Crippen molar-refractivity contribution in [3.8, 4) is 0 Å². The van der Waals surface area contributed by atoms with Crippen LogP contribution in [0.4, 0.5) is 4.39 Å². The monoisotopic (exact) mass is 212 g/mol. The van der Waals surface area contributed by atoms with Gasteiger partial charge in [-0.15, -0.1) is 0 Å². The Morgan fingerprint density at radius 3 is 2.40 bits per heavy atom. The van der Waals surface area contributed by atoms with Crippen LogP contribution < -0.4 is 0 Å². The molecular weight excluding hydrogens is 191 g/mol. The highest BCUT2D eigenvalue weighted by molar-refractivity contribution is 5.08. The molecule has 0 amide bonds. The Morgan fingerprint density at radius 2 is 1.80 bits per heavy atom. The van der Waals surface area contributed by atoms with Crippen LogP contribution in [0.25, 0.3) is 0 Å². The maximum atomic E-state index is 12.9. The van der Waals surface area contributed by atoms with Crippen LogP contribution in [0.2, 0.25) is 0 Å². The zero-order chi connectivity index (χ0) is 11.1. The largest absolute Gasteiger partial charge is 0.463 e. The fourth-order valence-corrected chi connectivity index (χ4v) is 1.72. The van der Waals surface area contributed by atoms with Crippen LogP contribution in [0.5, 0.6) is 0 Å². The van der Waals surface area contributed by atoms with E-state index in [-0.39, 0.29) is 5.82 Å². The lowest BCUT2D eigenvalue weighted by atomic mass is 10.1. The van der Waals surface area contributed by atoms with Gasteiger partial charge in [-0.05, 0) is 13.3 Å². The highest BCUT2D eigenvalue weighted by Crippen LogP contribution is 2.15. The molecule has 0 aliphatic rings. The van der Waals surface area contributed by atoms with Crippen LogP contribution in [0.1, 0.15) is 57.0 Å². The van der Waals surface area contributed by atoms with Gasteiger partial charge in [0.05, 0.1) is 0 Å². The molecule has 0 unspecified atom stereocenters. The lowest BCUT2D eigenvalue weighted by Gasteiger charge is -1.98. The first-order chi connectivity index (χ1) is 7.24. The van der Waals surface area contributed by atoms with Crippen molar-refractivity contribution in [2.24, 2.45) is 0 Å². The highest BCUT2D eigenvalue weighted by Gasteiger charge is 2.05. The van der Waals surface area contributed by atoms with Crippen LogP contribution >= 0.6 is 0 Å². The molecule has 0 N–H and O–H groups in total. The maximum absolute atomic E-state index is 12.9. The second-order valence-electron chi connectivity index (χ2n) is 4.13. The van der Waals surface area contributed by atoms with Crippen LogP contribution in [0, 0.1) is 12.7 Å². The fraction of sp³-hybridized carbons (Fsp3) is 0.692. The van der Waals surface area contributed by atoms with Crippen molar-refractivity contribution in [3.05, 3.63) is 23.4 Å². The molecular formula is C13H21FO. The van der Waals surface area contributed by atoms with E-state index in [0.29, 0.717) is 5.76 Å². The topological polar surface area (TPSA) is 13.1 Å². The van der Waals surface area contributed by atoms with Gasteiger partial charge in [0.1, 0.15) is 11.5 Å². The molecule has 1 rings (SSSR count). The van der Waals surface area contributed by atoms with E-state index in [1.54, 1.807) is 6.92 Å². The van der Waals surface area contributed by atoms with E-state index in [9.17, 15) is 4.39 Å². The Hall–Kier alpha value is -0.790. The summed E-state index contributed by atoms with van der Waals surface area (Å²) in [7, 11) is 0. The molecule has 1 aromatic heterocycles. The predicted molar refractivity (Wildman–Crippen MR) is 60.5 cm³/mol. The molecule has 0 radical (unpaired) electrons. The molecule has 1 aromatic rings. The predicted octanol–water partition coefficient (Wildman–Crippen LogP) is 4.63. The van der Waals surface area contributed by atoms with Gasteiger partial charge in [0.15, 0.2) is 5.82 Å². The smallest absolute Gasteiger partial charge is 0.164 e. The van der Waals surface area contributed by atoms with Crippen LogP contribution in [0.3, 0.4) is 0 Å². The third kappa shape index (κ3) is 4.50. The molecule has 0 aliphatic heterocycles. The van der Waals surface area contributed by atoms with E-state index < -0.39 is 0 Å². The van der Waals surface area contributed by atoms with E-state index in [1.165, 1.54) is 38.2 Å². The SMILES string of the molecule is CCCCCCCCc1cc(F)c(C)o1. The van der Waals surface area contributed by atoms with Gasteiger partial charge < -0.3 is 4.42 Å². The van der Waals surface area contributed by atoms with Crippen LogP contribution in [-0.2, 0) is 6.42 Å². The minimum absolute atomic E-state index is 0.212. The van der Waals surface area contributed by atoms with E-state index >= 15 is 0 Å². The molecule has 2 heteroatoms. The van der Waals surface area contributed by atoms with Crippen molar-refractivity contribution in [1.82, 2.24) is 0 Å². The van der Waals surface area contributed by atoms with E-state index in [4.69, 9.17) is 4.42 Å². The fourth-order valence-electron chi connectivity index (χ4n) is 1.72. The first-order valence-corrected chi connectivity index (χ1v) is 5.99. The van der Waals surface area contributed by atoms with E-state index in [2.05, 4.69) is 6.92 Å². The van der Waals surface area contributed by atoms with Crippen LogP contribution in [-0.4, -0.2) is 0 Å². The first kappa shape index (κ1) is 12.3. The summed E-state index contributed by atoms with van der Waals surface area (Å²) in [5.74, 6) is 0.993. The zero-order valence-electron chi connectivity index (χ0n) is 9.81. The molecule has 0 aromatic carbocycles. The van der Waals surface area contributed by atoms with Gasteiger partial charge in [0.25, 0.3) is 0 Å². The summed E-state index contributed by atoms with van der Waals surface area (Å²) in [5, 5.41) is 0. The molecule has 0 fully saturated rings. The molecule has 86 valence electrons. The zero-order valence-corrected chi connectivity index (χ0v) is 9.81. The second kappa shape index (κ2) is 6.65. The molecule has 0 saturated carbocycles. The van der Waals surface area contributed by atoms with Gasteiger partial charge in [-0.2, -0.15) is 0 Å². The number of halogens is 1. The minimum Gasteiger partial charge on any atom is -0.463 e. The Kier molecular flexibility index (Phi) is 5.44. The van der Waals surface area contributed by atoms with Crippen LogP contribution in [0.15, 0.2) is 10.5 Å². The summed E-state index contributed by atoms with van der Waals surface area (Å²) in [6, 6.07) is 1.52. The molecule has 1 heterocycles. The lowest BCUT2D eigenvalue weighted by Crippen LogP contribution is -1.83. The number of aryl methyl sites for hydroxylation is 2. The summed E-state index contributed by atoms with van der Waals surface area (Å²) < 4.78 is 18.2.